The summed E-state index contributed by atoms with van der Waals surface area (Å²) in [6.07, 6.45) is 0.876. The Labute approximate surface area is 116 Å². The number of nitrogens with one attached hydrogen (secondary N) is 1. The maximum Gasteiger partial charge on any atom is 0.231 e. The van der Waals surface area contributed by atoms with Gasteiger partial charge in [0, 0.05) is 12.6 Å². The van der Waals surface area contributed by atoms with Crippen LogP contribution in [0.15, 0.2) is 5.16 Å². The number of hydrogen-bond donors (Lipinski definition) is 3. The van der Waals surface area contributed by atoms with Gasteiger partial charge >= 0.3 is 0 Å². The predicted molar refractivity (Wildman–Crippen MR) is 77.1 cm³/mol. The van der Waals surface area contributed by atoms with Crippen LogP contribution in [0.2, 0.25) is 0 Å². The molecule has 0 saturated carbocycles. The first kappa shape index (κ1) is 17.7. The number of carbonyl (C=O) groups is 1. The highest BCUT2D eigenvalue weighted by atomic mass is 16.4. The number of hydrogen-bond acceptors (Lipinski definition) is 4. The Morgan fingerprint density at radius 2 is 1.95 bits per heavy atom. The van der Waals surface area contributed by atoms with Crippen molar-refractivity contribution in [3.63, 3.8) is 0 Å². The Bertz CT molecular complexity index is 303. The molecule has 0 aromatic carbocycles. The van der Waals surface area contributed by atoms with Crippen molar-refractivity contribution in [1.82, 2.24) is 10.2 Å². The Morgan fingerprint density at radius 3 is 2.37 bits per heavy atom. The Morgan fingerprint density at radius 1 is 1.37 bits per heavy atom. The molecule has 0 heterocycles. The minimum absolute atomic E-state index is 0.00534. The number of carbonyl (C=O) groups excluding carboxylic acids is 1. The maximum absolute atomic E-state index is 12.0. The minimum atomic E-state index is -0.576. The van der Waals surface area contributed by atoms with E-state index in [9.17, 15) is 4.79 Å². The number of oxime groups is 1. The van der Waals surface area contributed by atoms with E-state index in [0.29, 0.717) is 12.6 Å². The Hall–Kier alpha value is -1.30. The van der Waals surface area contributed by atoms with Gasteiger partial charge in [-0.1, -0.05) is 19.0 Å². The van der Waals surface area contributed by atoms with Crippen LogP contribution in [0.5, 0.6) is 0 Å². The van der Waals surface area contributed by atoms with Gasteiger partial charge < -0.3 is 21.2 Å². The van der Waals surface area contributed by atoms with Gasteiger partial charge in [-0.05, 0) is 39.8 Å². The van der Waals surface area contributed by atoms with E-state index < -0.39 is 5.92 Å². The standard InChI is InChI=1S/C13H28N4O2/c1-9(2)11(12(14)16-19)13(18)15-7-6-8-17(5)10(3)4/h9-11,19H,6-8H2,1-5H3,(H2,14,16)(H,15,18). The normalized spacial score (nSPS) is 14.2. The lowest BCUT2D eigenvalue weighted by Gasteiger charge is -2.22. The van der Waals surface area contributed by atoms with Gasteiger partial charge in [0.25, 0.3) is 0 Å². The number of amidine groups is 1. The molecule has 0 fully saturated rings. The fourth-order valence-corrected chi connectivity index (χ4v) is 1.75. The lowest BCUT2D eigenvalue weighted by molar-refractivity contribution is -0.124. The molecule has 1 amide bonds. The second-order valence-corrected chi connectivity index (χ2v) is 5.47. The third kappa shape index (κ3) is 6.42. The van der Waals surface area contributed by atoms with E-state index in [-0.39, 0.29) is 17.7 Å². The van der Waals surface area contributed by atoms with Crippen molar-refractivity contribution < 1.29 is 10.0 Å². The molecule has 0 spiro atoms. The van der Waals surface area contributed by atoms with Crippen molar-refractivity contribution in [2.45, 2.75) is 40.2 Å². The highest BCUT2D eigenvalue weighted by Crippen LogP contribution is 2.11. The fourth-order valence-electron chi connectivity index (χ4n) is 1.75. The van der Waals surface area contributed by atoms with Crippen molar-refractivity contribution in [2.75, 3.05) is 20.1 Å². The van der Waals surface area contributed by atoms with Gasteiger partial charge in [-0.15, -0.1) is 0 Å². The highest BCUT2D eigenvalue weighted by Gasteiger charge is 2.26. The van der Waals surface area contributed by atoms with Crippen LogP contribution in [0.25, 0.3) is 0 Å². The van der Waals surface area contributed by atoms with Crippen LogP contribution in [-0.4, -0.2) is 48.0 Å². The minimum Gasteiger partial charge on any atom is -0.409 e. The second-order valence-electron chi connectivity index (χ2n) is 5.47. The summed E-state index contributed by atoms with van der Waals surface area (Å²) in [4.78, 5) is 14.2. The molecule has 6 nitrogen and oxygen atoms in total. The summed E-state index contributed by atoms with van der Waals surface area (Å²) in [7, 11) is 2.06. The van der Waals surface area contributed by atoms with Gasteiger partial charge in [-0.25, -0.2) is 0 Å². The zero-order chi connectivity index (χ0) is 15.0. The summed E-state index contributed by atoms with van der Waals surface area (Å²) in [5.74, 6) is -0.800. The predicted octanol–water partition coefficient (Wildman–Crippen LogP) is 0.852. The van der Waals surface area contributed by atoms with Gasteiger partial charge in [0.1, 0.15) is 5.92 Å². The molecule has 1 unspecified atom stereocenters. The van der Waals surface area contributed by atoms with Crippen molar-refractivity contribution in [3.8, 4) is 0 Å². The molecule has 0 rings (SSSR count). The van der Waals surface area contributed by atoms with E-state index in [2.05, 4.69) is 36.3 Å². The van der Waals surface area contributed by atoms with Crippen LogP contribution < -0.4 is 11.1 Å². The third-order valence-corrected chi connectivity index (χ3v) is 3.25. The molecule has 19 heavy (non-hydrogen) atoms. The van der Waals surface area contributed by atoms with Gasteiger partial charge in [0.2, 0.25) is 5.91 Å². The molecule has 112 valence electrons. The van der Waals surface area contributed by atoms with Crippen LogP contribution in [0.3, 0.4) is 0 Å². The molecule has 0 saturated heterocycles. The lowest BCUT2D eigenvalue weighted by Crippen LogP contribution is -2.42. The van der Waals surface area contributed by atoms with Crippen LogP contribution in [-0.2, 0) is 4.79 Å². The molecular weight excluding hydrogens is 244 g/mol. The SMILES string of the molecule is CC(C)C(C(=O)NCCCN(C)C(C)C)C(N)=NO. The molecule has 0 radical (unpaired) electrons. The average molecular weight is 272 g/mol. The first-order valence-corrected chi connectivity index (χ1v) is 6.76. The zero-order valence-electron chi connectivity index (χ0n) is 12.7. The van der Waals surface area contributed by atoms with Crippen LogP contribution in [0, 0.1) is 11.8 Å². The second kappa shape index (κ2) is 8.74. The molecule has 0 aliphatic carbocycles. The summed E-state index contributed by atoms with van der Waals surface area (Å²) in [5.41, 5.74) is 5.54. The smallest absolute Gasteiger partial charge is 0.231 e. The molecule has 4 N–H and O–H groups in total. The first-order chi connectivity index (χ1) is 8.81. The summed E-state index contributed by atoms with van der Waals surface area (Å²) >= 11 is 0. The molecule has 0 bridgehead atoms. The van der Waals surface area contributed by atoms with E-state index in [1.807, 2.05) is 13.8 Å². The fraction of sp³-hybridized carbons (Fsp3) is 0.846. The highest BCUT2D eigenvalue weighted by molar-refractivity contribution is 6.02. The van der Waals surface area contributed by atoms with Crippen molar-refractivity contribution >= 4 is 11.7 Å². The molecule has 0 aromatic heterocycles. The van der Waals surface area contributed by atoms with Gasteiger partial charge in [0.05, 0.1) is 0 Å². The topological polar surface area (TPSA) is 91.0 Å². The Kier molecular flexibility index (Phi) is 8.14. The number of nitrogens with two attached hydrogens (primary N) is 1. The van der Waals surface area contributed by atoms with E-state index in [4.69, 9.17) is 10.9 Å². The van der Waals surface area contributed by atoms with E-state index in [1.54, 1.807) is 0 Å². The molecular formula is C13H28N4O2. The first-order valence-electron chi connectivity index (χ1n) is 6.76. The molecule has 0 aliphatic rings. The molecule has 0 aromatic rings. The van der Waals surface area contributed by atoms with E-state index >= 15 is 0 Å². The summed E-state index contributed by atoms with van der Waals surface area (Å²) in [6, 6.07) is 0.497. The average Bonchev–Trinajstić information content (AvgIpc) is 2.33. The summed E-state index contributed by atoms with van der Waals surface area (Å²) in [5, 5.41) is 14.5. The van der Waals surface area contributed by atoms with Crippen molar-refractivity contribution in [2.24, 2.45) is 22.7 Å². The van der Waals surface area contributed by atoms with E-state index in [0.717, 1.165) is 13.0 Å². The Balaban J connectivity index is 4.15. The van der Waals surface area contributed by atoms with Gasteiger partial charge in [-0.3, -0.25) is 4.79 Å². The summed E-state index contributed by atoms with van der Waals surface area (Å²) in [6.45, 7) is 9.52. The number of nitrogens with zero attached hydrogens (tertiary/aromatic N) is 2. The van der Waals surface area contributed by atoms with Crippen molar-refractivity contribution in [1.29, 1.82) is 0 Å². The van der Waals surface area contributed by atoms with Gasteiger partial charge in [-0.2, -0.15) is 0 Å². The largest absolute Gasteiger partial charge is 0.409 e. The monoisotopic (exact) mass is 272 g/mol. The number of amides is 1. The quantitative estimate of drug-likeness (QED) is 0.201. The summed E-state index contributed by atoms with van der Waals surface area (Å²) < 4.78 is 0. The van der Waals surface area contributed by atoms with E-state index in [1.165, 1.54) is 0 Å². The number of rotatable bonds is 8. The van der Waals surface area contributed by atoms with Crippen LogP contribution in [0.4, 0.5) is 0 Å². The van der Waals surface area contributed by atoms with Crippen LogP contribution in [0.1, 0.15) is 34.1 Å². The lowest BCUT2D eigenvalue weighted by atomic mass is 9.94. The molecule has 6 heteroatoms. The third-order valence-electron chi connectivity index (χ3n) is 3.25. The molecule has 0 aliphatic heterocycles. The zero-order valence-corrected chi connectivity index (χ0v) is 12.7. The molecule has 1 atom stereocenters. The van der Waals surface area contributed by atoms with Crippen molar-refractivity contribution in [3.05, 3.63) is 0 Å². The van der Waals surface area contributed by atoms with Crippen LogP contribution >= 0.6 is 0 Å². The van der Waals surface area contributed by atoms with Gasteiger partial charge in [0.15, 0.2) is 5.84 Å². The maximum atomic E-state index is 12.0.